The molecule has 0 aliphatic heterocycles. The number of nitriles is 2. The highest BCUT2D eigenvalue weighted by Crippen LogP contribution is 2.65. The maximum Gasteiger partial charge on any atom is 0.0992 e. The minimum Gasteiger partial charge on any atom is -0.310 e. The minimum atomic E-state index is -0.718. The highest BCUT2D eigenvalue weighted by atomic mass is 15.2. The first-order valence-corrected chi connectivity index (χ1v) is 22.6. The summed E-state index contributed by atoms with van der Waals surface area (Å²) in [5.74, 6) is 0. The minimum absolute atomic E-state index is 0.597. The topological polar surface area (TPSA) is 54.1 Å². The summed E-state index contributed by atoms with van der Waals surface area (Å²) in [7, 11) is 0. The van der Waals surface area contributed by atoms with Crippen LogP contribution < -0.4 is 9.80 Å². The molecule has 67 heavy (non-hydrogen) atoms. The molecule has 13 rings (SSSR count). The van der Waals surface area contributed by atoms with Crippen molar-refractivity contribution in [3.05, 3.63) is 264 Å². The first-order chi connectivity index (χ1) is 33.1. The number of benzene rings is 11. The molecular weight excluding hydrogens is 813 g/mol. The van der Waals surface area contributed by atoms with Crippen LogP contribution in [0, 0.1) is 22.7 Å². The highest BCUT2D eigenvalue weighted by molar-refractivity contribution is 6.14. The zero-order chi connectivity index (χ0) is 44.6. The van der Waals surface area contributed by atoms with Gasteiger partial charge in [0, 0.05) is 33.2 Å². The maximum atomic E-state index is 10.3. The summed E-state index contributed by atoms with van der Waals surface area (Å²) >= 11 is 0. The van der Waals surface area contributed by atoms with Crippen LogP contribution >= 0.6 is 0 Å². The zero-order valence-corrected chi connectivity index (χ0v) is 36.2. The van der Waals surface area contributed by atoms with Crippen molar-refractivity contribution in [2.24, 2.45) is 0 Å². The second-order valence-electron chi connectivity index (χ2n) is 17.4. The van der Waals surface area contributed by atoms with E-state index in [2.05, 4.69) is 216 Å². The first-order valence-electron chi connectivity index (χ1n) is 22.6. The van der Waals surface area contributed by atoms with E-state index in [1.807, 2.05) is 36.4 Å². The van der Waals surface area contributed by atoms with Gasteiger partial charge in [-0.2, -0.15) is 10.5 Å². The van der Waals surface area contributed by atoms with Gasteiger partial charge in [-0.15, -0.1) is 0 Å². The van der Waals surface area contributed by atoms with Gasteiger partial charge < -0.3 is 9.80 Å². The third kappa shape index (κ3) is 5.58. The van der Waals surface area contributed by atoms with Crippen LogP contribution in [0.15, 0.2) is 231 Å². The lowest BCUT2D eigenvalue weighted by Crippen LogP contribution is -2.26. The summed E-state index contributed by atoms with van der Waals surface area (Å²) in [5, 5.41) is 27.2. The Balaban J connectivity index is 1.16. The Morgan fingerprint density at radius 3 is 1.40 bits per heavy atom. The Hall–Kier alpha value is -9.22. The molecule has 0 bridgehead atoms. The summed E-state index contributed by atoms with van der Waals surface area (Å²) in [5.41, 5.74) is 16.1. The Bertz CT molecular complexity index is 3890. The SMILES string of the molecule is N#Cc1cccc(N(c2ccc3c(c2)C2(c4ccccc4-c4ccccc42)c2cc(N(c4cccc(C#N)c4)c4cccc5ccccc45)c4ccccc4c2-3)c2cccc3ccccc23)c1. The summed E-state index contributed by atoms with van der Waals surface area (Å²) < 4.78 is 0. The molecule has 0 heterocycles. The van der Waals surface area contributed by atoms with Crippen molar-refractivity contribution < 1.29 is 0 Å². The number of anilines is 6. The second kappa shape index (κ2) is 14.9. The van der Waals surface area contributed by atoms with Gasteiger partial charge in [-0.05, 0) is 127 Å². The summed E-state index contributed by atoms with van der Waals surface area (Å²) in [6, 6.07) is 86.9. The van der Waals surface area contributed by atoms with Crippen molar-refractivity contribution in [3.8, 4) is 34.4 Å². The van der Waals surface area contributed by atoms with Crippen LogP contribution in [0.1, 0.15) is 33.4 Å². The standard InChI is InChI=1S/C63H38N4/c64-39-41-15-11-21-45(35-41)66(59-31-13-19-43-17-1-3-23-48(43)59)47-33-34-54-57(37-47)63(55-29-9-7-25-50(55)51-26-8-10-30-56(51)63)58-38-61(52-27-5-6-28-53(52)62(54)58)67(46-22-12-16-42(36-46)40-65)60-32-14-20-44-18-2-4-24-49(44)60/h1-38H. The monoisotopic (exact) mass is 850 g/mol. The third-order valence-electron chi connectivity index (χ3n) is 14.0. The summed E-state index contributed by atoms with van der Waals surface area (Å²) in [6.45, 7) is 0. The van der Waals surface area contributed by atoms with E-state index in [9.17, 15) is 10.5 Å². The smallest absolute Gasteiger partial charge is 0.0992 e. The molecule has 4 nitrogen and oxygen atoms in total. The molecule has 2 aliphatic rings. The second-order valence-corrected chi connectivity index (χ2v) is 17.4. The number of hydrogen-bond acceptors (Lipinski definition) is 4. The molecule has 310 valence electrons. The van der Waals surface area contributed by atoms with E-state index in [1.54, 1.807) is 0 Å². The van der Waals surface area contributed by atoms with Gasteiger partial charge in [-0.25, -0.2) is 0 Å². The van der Waals surface area contributed by atoms with Crippen molar-refractivity contribution in [3.63, 3.8) is 0 Å². The Kier molecular flexibility index (Phi) is 8.52. The van der Waals surface area contributed by atoms with E-state index >= 15 is 0 Å². The van der Waals surface area contributed by atoms with Crippen molar-refractivity contribution in [2.75, 3.05) is 9.80 Å². The lowest BCUT2D eigenvalue weighted by Gasteiger charge is -2.34. The normalized spacial score (nSPS) is 12.6. The van der Waals surface area contributed by atoms with Crippen LogP contribution in [0.4, 0.5) is 34.1 Å². The van der Waals surface area contributed by atoms with Crippen molar-refractivity contribution in [1.82, 2.24) is 0 Å². The quantitative estimate of drug-likeness (QED) is 0.167. The molecule has 0 fully saturated rings. The first kappa shape index (κ1) is 38.3. The van der Waals surface area contributed by atoms with Crippen molar-refractivity contribution in [1.29, 1.82) is 10.5 Å². The summed E-state index contributed by atoms with van der Waals surface area (Å²) in [6.07, 6.45) is 0. The number of rotatable bonds is 6. The van der Waals surface area contributed by atoms with Gasteiger partial charge in [0.1, 0.15) is 0 Å². The van der Waals surface area contributed by atoms with E-state index in [0.717, 1.165) is 66.4 Å². The lowest BCUT2D eigenvalue weighted by atomic mass is 9.70. The third-order valence-corrected chi connectivity index (χ3v) is 14.0. The molecular formula is C63H38N4. The van der Waals surface area contributed by atoms with E-state index in [1.165, 1.54) is 44.5 Å². The Morgan fingerprint density at radius 1 is 0.313 bits per heavy atom. The molecule has 2 aliphatic carbocycles. The molecule has 11 aromatic rings. The van der Waals surface area contributed by atoms with Gasteiger partial charge in [0.05, 0.1) is 45.7 Å². The fraction of sp³-hybridized carbons (Fsp3) is 0.0159. The molecule has 4 heteroatoms. The van der Waals surface area contributed by atoms with Crippen molar-refractivity contribution >= 4 is 66.4 Å². The Labute approximate surface area is 388 Å². The van der Waals surface area contributed by atoms with Crippen LogP contribution in [-0.2, 0) is 5.41 Å². The fourth-order valence-electron chi connectivity index (χ4n) is 11.4. The molecule has 1 spiro atoms. The van der Waals surface area contributed by atoms with E-state index in [0.29, 0.717) is 11.1 Å². The molecule has 0 saturated heterocycles. The number of fused-ring (bicyclic) bond motifs is 14. The highest BCUT2D eigenvalue weighted by Gasteiger charge is 2.52. The Morgan fingerprint density at radius 2 is 0.791 bits per heavy atom. The van der Waals surface area contributed by atoms with Gasteiger partial charge in [-0.3, -0.25) is 0 Å². The van der Waals surface area contributed by atoms with Crippen LogP contribution in [-0.4, -0.2) is 0 Å². The van der Waals surface area contributed by atoms with Gasteiger partial charge in [0.15, 0.2) is 0 Å². The number of hydrogen-bond donors (Lipinski definition) is 0. The zero-order valence-electron chi connectivity index (χ0n) is 36.2. The largest absolute Gasteiger partial charge is 0.310 e. The maximum absolute atomic E-state index is 10.3. The molecule has 0 unspecified atom stereocenters. The molecule has 11 aromatic carbocycles. The molecule has 0 saturated carbocycles. The molecule has 0 amide bonds. The van der Waals surface area contributed by atoms with E-state index in [4.69, 9.17) is 0 Å². The summed E-state index contributed by atoms with van der Waals surface area (Å²) in [4.78, 5) is 4.69. The fourth-order valence-corrected chi connectivity index (χ4v) is 11.4. The van der Waals surface area contributed by atoms with Crippen LogP contribution in [0.5, 0.6) is 0 Å². The lowest BCUT2D eigenvalue weighted by molar-refractivity contribution is 0.794. The molecule has 0 radical (unpaired) electrons. The van der Waals surface area contributed by atoms with Crippen molar-refractivity contribution in [2.45, 2.75) is 5.41 Å². The van der Waals surface area contributed by atoms with Crippen LogP contribution in [0.3, 0.4) is 0 Å². The van der Waals surface area contributed by atoms with Crippen LogP contribution in [0.2, 0.25) is 0 Å². The van der Waals surface area contributed by atoms with Gasteiger partial charge >= 0.3 is 0 Å². The average Bonchev–Trinajstić information content (AvgIpc) is 3.86. The molecule has 0 atom stereocenters. The van der Waals surface area contributed by atoms with Gasteiger partial charge in [-0.1, -0.05) is 164 Å². The van der Waals surface area contributed by atoms with E-state index in [-0.39, 0.29) is 0 Å². The average molecular weight is 851 g/mol. The van der Waals surface area contributed by atoms with E-state index < -0.39 is 5.41 Å². The van der Waals surface area contributed by atoms with Crippen LogP contribution in [0.25, 0.3) is 54.6 Å². The number of nitrogens with zero attached hydrogens (tertiary/aromatic N) is 4. The predicted octanol–water partition coefficient (Wildman–Crippen LogP) is 16.2. The molecule has 0 aromatic heterocycles. The molecule has 0 N–H and O–H groups in total. The predicted molar refractivity (Wildman–Crippen MR) is 274 cm³/mol. The van der Waals surface area contributed by atoms with Gasteiger partial charge in [0.2, 0.25) is 0 Å². The van der Waals surface area contributed by atoms with Gasteiger partial charge in [0.25, 0.3) is 0 Å².